The monoisotopic (exact) mass is 473 g/mol. The fraction of sp³-hybridized carbons (Fsp3) is 0.222. The van der Waals surface area contributed by atoms with Crippen molar-refractivity contribution in [2.24, 2.45) is 0 Å². The van der Waals surface area contributed by atoms with Crippen molar-refractivity contribution in [3.05, 3.63) is 89.3 Å². The molecule has 1 aliphatic heterocycles. The molecular weight excluding hydrogens is 446 g/mol. The third-order valence-corrected chi connectivity index (χ3v) is 6.00. The lowest BCUT2D eigenvalue weighted by molar-refractivity contribution is -0.140. The Labute approximate surface area is 204 Å². The van der Waals surface area contributed by atoms with Gasteiger partial charge in [-0.05, 0) is 47.5 Å². The number of hydrogen-bond acceptors (Lipinski definition) is 7. The largest absolute Gasteiger partial charge is 0.507 e. The molecule has 180 valence electrons. The predicted octanol–water partition coefficient (Wildman–Crippen LogP) is 3.79. The highest BCUT2D eigenvalue weighted by Gasteiger charge is 2.46. The quantitative estimate of drug-likeness (QED) is 0.317. The molecule has 1 unspecified atom stereocenters. The number of methoxy groups -OCH3 is 2. The maximum atomic E-state index is 13.3. The summed E-state index contributed by atoms with van der Waals surface area (Å²) < 4.78 is 10.6. The predicted molar refractivity (Wildman–Crippen MR) is 132 cm³/mol. The van der Waals surface area contributed by atoms with Crippen LogP contribution in [-0.2, 0) is 16.1 Å². The molecule has 1 fully saturated rings. The number of ether oxygens (including phenoxy) is 2. The van der Waals surface area contributed by atoms with Gasteiger partial charge in [0.2, 0.25) is 0 Å². The Bertz CT molecular complexity index is 1270. The summed E-state index contributed by atoms with van der Waals surface area (Å²) >= 11 is 0. The van der Waals surface area contributed by atoms with Crippen LogP contribution >= 0.6 is 0 Å². The molecule has 0 spiro atoms. The molecule has 2 heterocycles. The standard InChI is InChI=1S/C27H27N3O5/c1-29(2)20-10-7-18(8-11-20)24-23(25(31)19-9-12-21(34-3)22(14-19)35-4)26(32)27(33)30(24)16-17-6-5-13-28-15-17/h5-15,24,31H,16H2,1-4H3. The van der Waals surface area contributed by atoms with Gasteiger partial charge in [-0.25, -0.2) is 0 Å². The number of aliphatic hydroxyl groups excluding tert-OH is 1. The molecule has 1 aromatic heterocycles. The number of rotatable bonds is 7. The zero-order valence-corrected chi connectivity index (χ0v) is 20.1. The average Bonchev–Trinajstić information content (AvgIpc) is 3.13. The van der Waals surface area contributed by atoms with E-state index in [2.05, 4.69) is 4.98 Å². The van der Waals surface area contributed by atoms with Gasteiger partial charge in [0.25, 0.3) is 11.7 Å². The van der Waals surface area contributed by atoms with Gasteiger partial charge in [-0.2, -0.15) is 0 Å². The van der Waals surface area contributed by atoms with Crippen molar-refractivity contribution in [3.63, 3.8) is 0 Å². The van der Waals surface area contributed by atoms with E-state index in [1.54, 1.807) is 36.7 Å². The minimum Gasteiger partial charge on any atom is -0.507 e. The fourth-order valence-corrected chi connectivity index (χ4v) is 4.17. The molecule has 1 saturated heterocycles. The second-order valence-electron chi connectivity index (χ2n) is 8.34. The third-order valence-electron chi connectivity index (χ3n) is 6.00. The molecule has 0 radical (unpaired) electrons. The highest BCUT2D eigenvalue weighted by molar-refractivity contribution is 6.46. The Balaban J connectivity index is 1.86. The van der Waals surface area contributed by atoms with Gasteiger partial charge >= 0.3 is 0 Å². The number of benzene rings is 2. The molecule has 1 atom stereocenters. The second kappa shape index (κ2) is 9.89. The van der Waals surface area contributed by atoms with Gasteiger partial charge in [-0.3, -0.25) is 14.6 Å². The van der Waals surface area contributed by atoms with Crippen LogP contribution in [0.25, 0.3) is 5.76 Å². The van der Waals surface area contributed by atoms with Crippen LogP contribution in [0.3, 0.4) is 0 Å². The molecule has 0 saturated carbocycles. The number of hydrogen-bond donors (Lipinski definition) is 1. The van der Waals surface area contributed by atoms with Crippen molar-refractivity contribution >= 4 is 23.1 Å². The summed E-state index contributed by atoms with van der Waals surface area (Å²) in [6.45, 7) is 0.168. The van der Waals surface area contributed by atoms with Crippen LogP contribution in [0, 0.1) is 0 Å². The number of likely N-dealkylation sites (tertiary alicyclic amines) is 1. The summed E-state index contributed by atoms with van der Waals surface area (Å²) in [7, 11) is 6.86. The van der Waals surface area contributed by atoms with E-state index in [-0.39, 0.29) is 17.9 Å². The van der Waals surface area contributed by atoms with E-state index < -0.39 is 17.7 Å². The molecule has 8 heteroatoms. The van der Waals surface area contributed by atoms with Crippen LogP contribution < -0.4 is 14.4 Å². The number of ketones is 1. The molecule has 0 bridgehead atoms. The first-order chi connectivity index (χ1) is 16.8. The highest BCUT2D eigenvalue weighted by Crippen LogP contribution is 2.41. The van der Waals surface area contributed by atoms with E-state index in [9.17, 15) is 14.7 Å². The molecule has 1 amide bonds. The minimum atomic E-state index is -0.778. The smallest absolute Gasteiger partial charge is 0.295 e. The highest BCUT2D eigenvalue weighted by atomic mass is 16.5. The zero-order valence-electron chi connectivity index (χ0n) is 20.1. The molecule has 1 aliphatic rings. The number of nitrogens with zero attached hydrogens (tertiary/aromatic N) is 3. The van der Waals surface area contributed by atoms with Crippen molar-refractivity contribution in [2.75, 3.05) is 33.2 Å². The van der Waals surface area contributed by atoms with Gasteiger partial charge in [-0.1, -0.05) is 18.2 Å². The van der Waals surface area contributed by atoms with E-state index >= 15 is 0 Å². The Morgan fingerprint density at radius 3 is 2.34 bits per heavy atom. The van der Waals surface area contributed by atoms with Crippen LogP contribution in [0.5, 0.6) is 11.5 Å². The maximum absolute atomic E-state index is 13.3. The SMILES string of the molecule is COc1ccc(C(O)=C2C(=O)C(=O)N(Cc3cccnc3)C2c2ccc(N(C)C)cc2)cc1OC. The Morgan fingerprint density at radius 1 is 1.03 bits per heavy atom. The summed E-state index contributed by atoms with van der Waals surface area (Å²) in [6, 6.07) is 15.2. The lowest BCUT2D eigenvalue weighted by atomic mass is 9.94. The number of carbonyl (C=O) groups is 2. The Kier molecular flexibility index (Phi) is 6.73. The lowest BCUT2D eigenvalue weighted by Gasteiger charge is -2.26. The first-order valence-electron chi connectivity index (χ1n) is 11.0. The van der Waals surface area contributed by atoms with E-state index in [0.717, 1.165) is 11.3 Å². The average molecular weight is 474 g/mol. The topological polar surface area (TPSA) is 92.2 Å². The number of amides is 1. The van der Waals surface area contributed by atoms with Crippen LogP contribution in [-0.4, -0.2) is 55.0 Å². The number of aromatic nitrogens is 1. The van der Waals surface area contributed by atoms with Gasteiger partial charge in [0.05, 0.1) is 25.8 Å². The van der Waals surface area contributed by atoms with E-state index in [1.807, 2.05) is 49.3 Å². The van der Waals surface area contributed by atoms with Gasteiger partial charge in [0.1, 0.15) is 5.76 Å². The Morgan fingerprint density at radius 2 is 1.74 bits per heavy atom. The van der Waals surface area contributed by atoms with Crippen LogP contribution in [0.1, 0.15) is 22.7 Å². The summed E-state index contributed by atoms with van der Waals surface area (Å²) in [5, 5.41) is 11.3. The lowest BCUT2D eigenvalue weighted by Crippen LogP contribution is -2.29. The molecule has 8 nitrogen and oxygen atoms in total. The molecule has 1 N–H and O–H groups in total. The molecule has 3 aromatic rings. The second-order valence-corrected chi connectivity index (χ2v) is 8.34. The number of Topliss-reactive ketones (excluding diaryl/α,β-unsaturated/α-hetero) is 1. The van der Waals surface area contributed by atoms with E-state index in [1.165, 1.54) is 19.1 Å². The van der Waals surface area contributed by atoms with Gasteiger partial charge in [-0.15, -0.1) is 0 Å². The molecule has 0 aliphatic carbocycles. The van der Waals surface area contributed by atoms with Gasteiger partial charge < -0.3 is 24.4 Å². The summed E-state index contributed by atoms with van der Waals surface area (Å²) in [5.74, 6) is -0.829. The third kappa shape index (κ3) is 4.55. The van der Waals surface area contributed by atoms with E-state index in [4.69, 9.17) is 9.47 Å². The van der Waals surface area contributed by atoms with Crippen molar-refractivity contribution in [2.45, 2.75) is 12.6 Å². The molecule has 2 aromatic carbocycles. The van der Waals surface area contributed by atoms with Crippen LogP contribution in [0.15, 0.2) is 72.6 Å². The molecule has 4 rings (SSSR count). The number of pyridine rings is 1. The molecule has 35 heavy (non-hydrogen) atoms. The maximum Gasteiger partial charge on any atom is 0.295 e. The normalized spacial score (nSPS) is 16.9. The number of carbonyl (C=O) groups excluding carboxylic acids is 2. The van der Waals surface area contributed by atoms with Crippen molar-refractivity contribution in [1.82, 2.24) is 9.88 Å². The van der Waals surface area contributed by atoms with Crippen molar-refractivity contribution in [3.8, 4) is 11.5 Å². The summed E-state index contributed by atoms with van der Waals surface area (Å²) in [6.07, 6.45) is 3.30. The van der Waals surface area contributed by atoms with Gasteiger partial charge in [0, 0.05) is 44.3 Å². The van der Waals surface area contributed by atoms with Crippen LogP contribution in [0.2, 0.25) is 0 Å². The fourth-order valence-electron chi connectivity index (χ4n) is 4.17. The van der Waals surface area contributed by atoms with E-state index in [0.29, 0.717) is 22.6 Å². The van der Waals surface area contributed by atoms with Crippen molar-refractivity contribution in [1.29, 1.82) is 0 Å². The Hall–Kier alpha value is -4.33. The first kappa shape index (κ1) is 23.8. The first-order valence-corrected chi connectivity index (χ1v) is 11.0. The summed E-state index contributed by atoms with van der Waals surface area (Å²) in [4.78, 5) is 34.0. The minimum absolute atomic E-state index is 0.0173. The van der Waals surface area contributed by atoms with Crippen LogP contribution in [0.4, 0.5) is 5.69 Å². The molecular formula is C27H27N3O5. The van der Waals surface area contributed by atoms with Gasteiger partial charge in [0.15, 0.2) is 11.5 Å². The number of aliphatic hydroxyl groups is 1. The summed E-state index contributed by atoms with van der Waals surface area (Å²) in [5.41, 5.74) is 2.81. The number of anilines is 1. The van der Waals surface area contributed by atoms with Crippen molar-refractivity contribution < 1.29 is 24.2 Å². The zero-order chi connectivity index (χ0) is 25.1.